The van der Waals surface area contributed by atoms with Gasteiger partial charge in [0, 0.05) is 36.8 Å². The van der Waals surface area contributed by atoms with Crippen molar-refractivity contribution in [3.8, 4) is 5.75 Å². The quantitative estimate of drug-likeness (QED) is 0.712. The average molecular weight is 367 g/mol. The summed E-state index contributed by atoms with van der Waals surface area (Å²) in [6.07, 6.45) is 2.57. The minimum Gasteiger partial charge on any atom is -0.491 e. The lowest BCUT2D eigenvalue weighted by Gasteiger charge is -2.12. The fourth-order valence-electron chi connectivity index (χ4n) is 2.96. The zero-order valence-electron chi connectivity index (χ0n) is 15.6. The van der Waals surface area contributed by atoms with Gasteiger partial charge in [0.2, 0.25) is 5.91 Å². The van der Waals surface area contributed by atoms with Crippen LogP contribution in [0.5, 0.6) is 5.75 Å². The van der Waals surface area contributed by atoms with Crippen molar-refractivity contribution in [1.29, 1.82) is 0 Å². The van der Waals surface area contributed by atoms with Crippen molar-refractivity contribution < 1.29 is 19.1 Å². The van der Waals surface area contributed by atoms with E-state index in [0.29, 0.717) is 23.6 Å². The van der Waals surface area contributed by atoms with Gasteiger partial charge in [-0.05, 0) is 31.9 Å². The first-order valence-electron chi connectivity index (χ1n) is 9.34. The Morgan fingerprint density at radius 2 is 1.96 bits per heavy atom. The molecule has 0 spiro atoms. The minimum atomic E-state index is -0.188. The Morgan fingerprint density at radius 1 is 1.15 bits per heavy atom. The van der Waals surface area contributed by atoms with Crippen molar-refractivity contribution in [3.63, 3.8) is 0 Å². The number of Topliss-reactive ketones (excluding diaryl/α,β-unsaturated/α-hetero) is 1. The molecule has 5 nitrogen and oxygen atoms in total. The largest absolute Gasteiger partial charge is 0.491 e. The number of ketones is 1. The van der Waals surface area contributed by atoms with Crippen molar-refractivity contribution in [1.82, 2.24) is 0 Å². The van der Waals surface area contributed by atoms with Gasteiger partial charge in [-0.15, -0.1) is 0 Å². The molecule has 27 heavy (non-hydrogen) atoms. The molecule has 3 rings (SSSR count). The van der Waals surface area contributed by atoms with Gasteiger partial charge in [0.25, 0.3) is 0 Å². The van der Waals surface area contributed by atoms with E-state index in [0.717, 1.165) is 25.0 Å². The van der Waals surface area contributed by atoms with Crippen LogP contribution in [0, 0.1) is 6.92 Å². The molecule has 1 aliphatic rings. The van der Waals surface area contributed by atoms with E-state index >= 15 is 0 Å². The number of carbonyl (C=O) groups is 2. The molecule has 0 aliphatic carbocycles. The van der Waals surface area contributed by atoms with Crippen LogP contribution in [0.15, 0.2) is 48.5 Å². The van der Waals surface area contributed by atoms with Crippen LogP contribution in [-0.2, 0) is 9.53 Å². The van der Waals surface area contributed by atoms with Crippen LogP contribution in [0.4, 0.5) is 5.69 Å². The second-order valence-corrected chi connectivity index (χ2v) is 6.81. The van der Waals surface area contributed by atoms with E-state index in [4.69, 9.17) is 9.47 Å². The lowest BCUT2D eigenvalue weighted by Crippen LogP contribution is -2.16. The smallest absolute Gasteiger partial charge is 0.224 e. The predicted molar refractivity (Wildman–Crippen MR) is 104 cm³/mol. The predicted octanol–water partition coefficient (Wildman–Crippen LogP) is 4.15. The highest BCUT2D eigenvalue weighted by atomic mass is 16.5. The summed E-state index contributed by atoms with van der Waals surface area (Å²) in [4.78, 5) is 24.3. The van der Waals surface area contributed by atoms with Gasteiger partial charge >= 0.3 is 0 Å². The van der Waals surface area contributed by atoms with Gasteiger partial charge in [0.15, 0.2) is 5.78 Å². The Kier molecular flexibility index (Phi) is 6.60. The van der Waals surface area contributed by atoms with Crippen molar-refractivity contribution in [3.05, 3.63) is 59.7 Å². The highest BCUT2D eigenvalue weighted by Gasteiger charge is 2.16. The molecule has 1 saturated heterocycles. The van der Waals surface area contributed by atoms with Crippen molar-refractivity contribution in [2.45, 2.75) is 38.7 Å². The van der Waals surface area contributed by atoms with Gasteiger partial charge in [-0.1, -0.05) is 35.9 Å². The monoisotopic (exact) mass is 367 g/mol. The Morgan fingerprint density at radius 3 is 2.70 bits per heavy atom. The lowest BCUT2D eigenvalue weighted by atomic mass is 10.0. The Labute approximate surface area is 159 Å². The van der Waals surface area contributed by atoms with Crippen LogP contribution in [0.2, 0.25) is 0 Å². The highest BCUT2D eigenvalue weighted by Crippen LogP contribution is 2.20. The maximum atomic E-state index is 12.2. The molecule has 1 N–H and O–H groups in total. The molecule has 2 aromatic rings. The molecule has 1 amide bonds. The van der Waals surface area contributed by atoms with Crippen molar-refractivity contribution >= 4 is 17.4 Å². The molecule has 1 atom stereocenters. The highest BCUT2D eigenvalue weighted by molar-refractivity contribution is 6.00. The van der Waals surface area contributed by atoms with E-state index in [1.54, 1.807) is 24.3 Å². The number of hydrogen-bond donors (Lipinski definition) is 1. The number of amides is 1. The third kappa shape index (κ3) is 5.93. The van der Waals surface area contributed by atoms with Crippen LogP contribution >= 0.6 is 0 Å². The van der Waals surface area contributed by atoms with E-state index in [9.17, 15) is 9.59 Å². The minimum absolute atomic E-state index is 0.0289. The molecule has 1 unspecified atom stereocenters. The van der Waals surface area contributed by atoms with Gasteiger partial charge in [0.05, 0.1) is 6.10 Å². The zero-order valence-corrected chi connectivity index (χ0v) is 15.6. The normalized spacial score (nSPS) is 16.1. The van der Waals surface area contributed by atoms with Crippen LogP contribution in [0.1, 0.15) is 41.6 Å². The molecule has 142 valence electrons. The summed E-state index contributed by atoms with van der Waals surface area (Å²) in [5.74, 6) is 0.476. The number of hydrogen-bond acceptors (Lipinski definition) is 4. The lowest BCUT2D eigenvalue weighted by molar-refractivity contribution is -0.116. The van der Waals surface area contributed by atoms with Crippen molar-refractivity contribution in [2.24, 2.45) is 0 Å². The number of nitrogens with one attached hydrogen (secondary N) is 1. The summed E-state index contributed by atoms with van der Waals surface area (Å²) < 4.78 is 11.3. The third-order valence-corrected chi connectivity index (χ3v) is 4.53. The molecule has 0 aromatic heterocycles. The first-order valence-corrected chi connectivity index (χ1v) is 9.34. The Balaban J connectivity index is 1.46. The van der Waals surface area contributed by atoms with E-state index < -0.39 is 0 Å². The number of aryl methyl sites for hydroxylation is 1. The molecule has 0 radical (unpaired) electrons. The van der Waals surface area contributed by atoms with Gasteiger partial charge in [-0.3, -0.25) is 9.59 Å². The fourth-order valence-corrected chi connectivity index (χ4v) is 2.96. The van der Waals surface area contributed by atoms with Crippen LogP contribution in [0.25, 0.3) is 0 Å². The molecular weight excluding hydrogens is 342 g/mol. The molecule has 1 aliphatic heterocycles. The summed E-state index contributed by atoms with van der Waals surface area (Å²) in [6, 6.07) is 14.7. The second-order valence-electron chi connectivity index (χ2n) is 6.81. The number of rotatable bonds is 8. The SMILES string of the molecule is Cc1ccc(C(=O)CCC(=O)Nc2cccc(OCC3CCCO3)c2)cc1. The zero-order chi connectivity index (χ0) is 19.1. The number of anilines is 1. The molecule has 2 aromatic carbocycles. The number of ether oxygens (including phenoxy) is 2. The van der Waals surface area contributed by atoms with Gasteiger partial charge < -0.3 is 14.8 Å². The third-order valence-electron chi connectivity index (χ3n) is 4.53. The average Bonchev–Trinajstić information content (AvgIpc) is 3.19. The van der Waals surface area contributed by atoms with E-state index in [2.05, 4.69) is 5.32 Å². The maximum absolute atomic E-state index is 12.2. The molecule has 1 fully saturated rings. The maximum Gasteiger partial charge on any atom is 0.224 e. The first kappa shape index (κ1) is 19.1. The second kappa shape index (κ2) is 9.33. The van der Waals surface area contributed by atoms with Gasteiger partial charge in [-0.2, -0.15) is 0 Å². The Bertz CT molecular complexity index is 779. The molecule has 0 saturated carbocycles. The molecule has 5 heteroatoms. The molecule has 0 bridgehead atoms. The topological polar surface area (TPSA) is 64.6 Å². The van der Waals surface area contributed by atoms with Crippen LogP contribution in [0.3, 0.4) is 0 Å². The van der Waals surface area contributed by atoms with Crippen LogP contribution < -0.4 is 10.1 Å². The van der Waals surface area contributed by atoms with E-state index in [-0.39, 0.29) is 30.6 Å². The summed E-state index contributed by atoms with van der Waals surface area (Å²) in [7, 11) is 0. The summed E-state index contributed by atoms with van der Waals surface area (Å²) >= 11 is 0. The standard InChI is InChI=1S/C22H25NO4/c1-16-7-9-17(10-8-16)21(24)11-12-22(25)23-18-4-2-5-19(14-18)27-15-20-6-3-13-26-20/h2,4-5,7-10,14,20H,3,6,11-13,15H2,1H3,(H,23,25). The van der Waals surface area contributed by atoms with Gasteiger partial charge in [0.1, 0.15) is 12.4 Å². The number of carbonyl (C=O) groups excluding carboxylic acids is 2. The van der Waals surface area contributed by atoms with E-state index in [1.165, 1.54) is 0 Å². The number of benzene rings is 2. The van der Waals surface area contributed by atoms with Gasteiger partial charge in [-0.25, -0.2) is 0 Å². The fraction of sp³-hybridized carbons (Fsp3) is 0.364. The van der Waals surface area contributed by atoms with Crippen LogP contribution in [-0.4, -0.2) is 31.0 Å². The molecular formula is C22H25NO4. The summed E-state index contributed by atoms with van der Waals surface area (Å²) in [5, 5.41) is 2.82. The van der Waals surface area contributed by atoms with Crippen molar-refractivity contribution in [2.75, 3.05) is 18.5 Å². The summed E-state index contributed by atoms with van der Waals surface area (Å²) in [5.41, 5.74) is 2.40. The molecule has 1 heterocycles. The first-order chi connectivity index (χ1) is 13.1. The Hall–Kier alpha value is -2.66. The summed E-state index contributed by atoms with van der Waals surface area (Å²) in [6.45, 7) is 3.29. The van der Waals surface area contributed by atoms with E-state index in [1.807, 2.05) is 31.2 Å².